The highest BCUT2D eigenvalue weighted by atomic mass is 28.3. The maximum Gasteiger partial charge on any atom is 0.334 e. The molecule has 0 aromatic heterocycles. The maximum absolute atomic E-state index is 14.2. The first-order valence-corrected chi connectivity index (χ1v) is 24.4. The van der Waals surface area contributed by atoms with Crippen molar-refractivity contribution in [3.63, 3.8) is 0 Å². The second-order valence-corrected chi connectivity index (χ2v) is 22.7. The fraction of sp³-hybridized carbons (Fsp3) is 0.846. The molecule has 1 aliphatic heterocycles. The van der Waals surface area contributed by atoms with Crippen LogP contribution in [-0.4, -0.2) is 53.9 Å². The fourth-order valence-corrected chi connectivity index (χ4v) is 10.9. The summed E-state index contributed by atoms with van der Waals surface area (Å²) in [6, 6.07) is 0. The van der Waals surface area contributed by atoms with Crippen molar-refractivity contribution in [3.8, 4) is 0 Å². The molecular formula is C39H70O6Si2. The summed E-state index contributed by atoms with van der Waals surface area (Å²) in [5, 5.41) is 0. The number of hydrogen-bond acceptors (Lipinski definition) is 6. The van der Waals surface area contributed by atoms with Gasteiger partial charge in [0.1, 0.15) is 18.3 Å². The van der Waals surface area contributed by atoms with Crippen molar-refractivity contribution in [2.75, 3.05) is 0 Å². The lowest BCUT2D eigenvalue weighted by Crippen LogP contribution is -2.58. The molecule has 3 aliphatic rings. The van der Waals surface area contributed by atoms with E-state index in [1.165, 1.54) is 5.57 Å². The first-order valence-electron chi connectivity index (χ1n) is 18.8. The van der Waals surface area contributed by atoms with E-state index in [2.05, 4.69) is 114 Å². The Hall–Kier alpha value is -1.23. The highest BCUT2D eigenvalue weighted by Crippen LogP contribution is 2.53. The summed E-state index contributed by atoms with van der Waals surface area (Å²) in [4.78, 5) is 27.7. The van der Waals surface area contributed by atoms with Crippen molar-refractivity contribution < 1.29 is 27.9 Å². The van der Waals surface area contributed by atoms with Crippen LogP contribution in [-0.2, 0) is 27.9 Å². The van der Waals surface area contributed by atoms with E-state index in [1.54, 1.807) is 0 Å². The third-order valence-corrected chi connectivity index (χ3v) is 12.9. The minimum Gasteiger partial charge on any atom is -0.461 e. The van der Waals surface area contributed by atoms with E-state index in [-0.39, 0.29) is 58.6 Å². The zero-order valence-electron chi connectivity index (χ0n) is 32.5. The van der Waals surface area contributed by atoms with E-state index >= 15 is 0 Å². The van der Waals surface area contributed by atoms with Crippen LogP contribution in [0.2, 0.25) is 26.2 Å². The Morgan fingerprint density at radius 1 is 0.957 bits per heavy atom. The van der Waals surface area contributed by atoms with Crippen LogP contribution in [0.25, 0.3) is 0 Å². The Labute approximate surface area is 291 Å². The van der Waals surface area contributed by atoms with Gasteiger partial charge in [-0.2, -0.15) is 0 Å². The lowest BCUT2D eigenvalue weighted by atomic mass is 9.59. The molecule has 1 saturated heterocycles. The molecule has 0 aromatic carbocycles. The second-order valence-electron chi connectivity index (χ2n) is 18.0. The minimum atomic E-state index is -1.56. The number of ether oxygens (including phenoxy) is 2. The molecule has 1 fully saturated rings. The number of esters is 2. The van der Waals surface area contributed by atoms with Crippen LogP contribution >= 0.6 is 0 Å². The molecule has 0 saturated carbocycles. The molecule has 2 aliphatic carbocycles. The Kier molecular flexibility index (Phi) is 13.5. The van der Waals surface area contributed by atoms with Crippen LogP contribution < -0.4 is 0 Å². The number of cyclic esters (lactones) is 1. The molecule has 0 radical (unpaired) electrons. The van der Waals surface area contributed by atoms with E-state index in [0.717, 1.165) is 44.9 Å². The lowest BCUT2D eigenvalue weighted by molar-refractivity contribution is -0.181. The number of carbonyl (C=O) groups excluding carboxylic acids is 2. The molecule has 6 nitrogen and oxygen atoms in total. The van der Waals surface area contributed by atoms with Gasteiger partial charge < -0.3 is 18.3 Å². The number of fused-ring (bicyclic) bond motifs is 1. The molecule has 0 amide bonds. The van der Waals surface area contributed by atoms with Crippen LogP contribution in [0.15, 0.2) is 23.8 Å². The summed E-state index contributed by atoms with van der Waals surface area (Å²) < 4.78 is 26.5. The van der Waals surface area contributed by atoms with Gasteiger partial charge in [-0.25, -0.2) is 4.79 Å². The van der Waals surface area contributed by atoms with E-state index in [4.69, 9.17) is 18.3 Å². The molecule has 1 unspecified atom stereocenters. The van der Waals surface area contributed by atoms with Gasteiger partial charge in [0.25, 0.3) is 0 Å². The van der Waals surface area contributed by atoms with Crippen LogP contribution in [0.4, 0.5) is 0 Å². The summed E-state index contributed by atoms with van der Waals surface area (Å²) in [6.45, 7) is 30.9. The minimum absolute atomic E-state index is 0.0295. The number of rotatable bonds is 13. The summed E-state index contributed by atoms with van der Waals surface area (Å²) >= 11 is 0. The third-order valence-electron chi connectivity index (χ3n) is 11.2. The fourth-order valence-electron chi connectivity index (χ4n) is 8.62. The topological polar surface area (TPSA) is 71.1 Å². The van der Waals surface area contributed by atoms with Gasteiger partial charge in [0.2, 0.25) is 0 Å². The Balaban J connectivity index is 2.05. The number of carbonyl (C=O) groups is 2. The summed E-state index contributed by atoms with van der Waals surface area (Å²) in [5.74, 6) is 0.127. The van der Waals surface area contributed by atoms with Crippen molar-refractivity contribution in [1.29, 1.82) is 0 Å². The van der Waals surface area contributed by atoms with Crippen molar-refractivity contribution in [3.05, 3.63) is 23.8 Å². The molecule has 3 rings (SSSR count). The number of allylic oxidation sites excluding steroid dienone is 2. The van der Waals surface area contributed by atoms with E-state index < -0.39 is 35.2 Å². The average molecular weight is 691 g/mol. The molecule has 47 heavy (non-hydrogen) atoms. The first kappa shape index (κ1) is 40.2. The second kappa shape index (κ2) is 15.8. The average Bonchev–Trinajstić information content (AvgIpc) is 2.93. The zero-order chi connectivity index (χ0) is 35.5. The largest absolute Gasteiger partial charge is 0.461 e. The molecular weight excluding hydrogens is 621 g/mol. The Bertz CT molecular complexity index is 1130. The first-order chi connectivity index (χ1) is 21.7. The van der Waals surface area contributed by atoms with Crippen molar-refractivity contribution in [2.45, 2.75) is 171 Å². The molecule has 0 spiro atoms. The Morgan fingerprint density at radius 3 is 2.09 bits per heavy atom. The molecule has 8 atom stereocenters. The summed E-state index contributed by atoms with van der Waals surface area (Å²) in [5.41, 5.74) is 0.127. The molecule has 270 valence electrons. The quantitative estimate of drug-likeness (QED) is 0.142. The van der Waals surface area contributed by atoms with Crippen molar-refractivity contribution >= 4 is 30.0 Å². The smallest absolute Gasteiger partial charge is 0.334 e. The van der Waals surface area contributed by atoms with Gasteiger partial charge in [-0.15, -0.1) is 0 Å². The van der Waals surface area contributed by atoms with Crippen molar-refractivity contribution in [1.82, 2.24) is 0 Å². The monoisotopic (exact) mass is 690 g/mol. The SMILES string of the molecule is CCCC(C)(CCC)C(=O)O[C@H]1C[C@H](C(C)(C)C)C=C2C=C[C@H](C)[C@](CC[C@@H]3C[C@H](C(C)(C)C)C(O[SiH](C)C)C(=O)O3)(O[SiH](C)C)[C@H]21. The normalized spacial score (nSPS) is 31.9. The zero-order valence-corrected chi connectivity index (χ0v) is 34.8. The van der Waals surface area contributed by atoms with Crippen LogP contribution in [0.5, 0.6) is 0 Å². The molecule has 0 aromatic rings. The van der Waals surface area contributed by atoms with E-state index in [9.17, 15) is 9.59 Å². The number of hydrogen-bond donors (Lipinski definition) is 0. The molecule has 1 heterocycles. The predicted octanol–water partition coefficient (Wildman–Crippen LogP) is 9.18. The maximum atomic E-state index is 14.2. The van der Waals surface area contributed by atoms with Crippen LogP contribution in [0, 0.1) is 39.9 Å². The highest BCUT2D eigenvalue weighted by molar-refractivity contribution is 6.48. The van der Waals surface area contributed by atoms with Crippen LogP contribution in [0.3, 0.4) is 0 Å². The van der Waals surface area contributed by atoms with E-state index in [0.29, 0.717) is 6.42 Å². The highest BCUT2D eigenvalue weighted by Gasteiger charge is 2.55. The van der Waals surface area contributed by atoms with Crippen molar-refractivity contribution in [2.24, 2.45) is 39.9 Å². The van der Waals surface area contributed by atoms with Gasteiger partial charge in [-0.3, -0.25) is 4.79 Å². The lowest BCUT2D eigenvalue weighted by Gasteiger charge is -2.54. The summed E-state index contributed by atoms with van der Waals surface area (Å²) in [7, 11) is -3.00. The Morgan fingerprint density at radius 2 is 1.57 bits per heavy atom. The van der Waals surface area contributed by atoms with Gasteiger partial charge in [0.15, 0.2) is 18.1 Å². The standard InChI is InChI=1S/C39H70O6Si2/c1-15-20-38(10,21-16-2)35(41)43-31-24-28(36(4,5)6)23-27-18-17-26(3)39(32(27)31,45-47(13)14)22-19-29-25-30(37(7,8)9)33(34(40)42-29)44-46(11)12/h17-18,23,26,28-33,46-47H,15-16,19-22,24-25H2,1-14H3/t26-,28+,29+,30-,31-,32+,33?,39-/m0/s1. The third kappa shape index (κ3) is 9.52. The molecule has 8 heteroatoms. The van der Waals surface area contributed by atoms with Gasteiger partial charge in [-0.1, -0.05) is 93.4 Å². The molecule has 0 N–H and O–H groups in total. The predicted molar refractivity (Wildman–Crippen MR) is 198 cm³/mol. The van der Waals surface area contributed by atoms with Gasteiger partial charge in [-0.05, 0) is 94.0 Å². The van der Waals surface area contributed by atoms with Gasteiger partial charge >= 0.3 is 11.9 Å². The van der Waals surface area contributed by atoms with Crippen LogP contribution in [0.1, 0.15) is 121 Å². The summed E-state index contributed by atoms with van der Waals surface area (Å²) in [6.07, 6.45) is 12.6. The van der Waals surface area contributed by atoms with Gasteiger partial charge in [0, 0.05) is 17.8 Å². The van der Waals surface area contributed by atoms with E-state index in [1.807, 2.05) is 0 Å². The van der Waals surface area contributed by atoms with Gasteiger partial charge in [0.05, 0.1) is 11.0 Å². The molecule has 0 bridgehead atoms.